The van der Waals surface area contributed by atoms with E-state index >= 15 is 0 Å². The van der Waals surface area contributed by atoms with Crippen molar-refractivity contribution in [1.29, 1.82) is 0 Å². The number of likely N-dealkylation sites (tertiary alicyclic amines) is 1. The van der Waals surface area contributed by atoms with E-state index in [2.05, 4.69) is 20.8 Å². The number of methoxy groups -OCH3 is 1. The summed E-state index contributed by atoms with van der Waals surface area (Å²) < 4.78 is 7.37. The van der Waals surface area contributed by atoms with Gasteiger partial charge in [0.1, 0.15) is 5.69 Å². The maximum Gasteiger partial charge on any atom is 0.110 e. The molecule has 1 fully saturated rings. The van der Waals surface area contributed by atoms with Gasteiger partial charge in [-0.3, -0.25) is 4.90 Å². The van der Waals surface area contributed by atoms with E-state index in [4.69, 9.17) is 4.74 Å². The first-order chi connectivity index (χ1) is 10.8. The third kappa shape index (κ3) is 3.20. The van der Waals surface area contributed by atoms with E-state index in [-0.39, 0.29) is 0 Å². The quantitative estimate of drug-likeness (QED) is 0.765. The minimum atomic E-state index is 0.480. The summed E-state index contributed by atoms with van der Waals surface area (Å²) in [6.07, 6.45) is 6.14. The van der Waals surface area contributed by atoms with Crippen LogP contribution in [0, 0.1) is 4.91 Å². The highest BCUT2D eigenvalue weighted by atomic mass is 16.5. The molecule has 2 heterocycles. The molecule has 0 amide bonds. The van der Waals surface area contributed by atoms with Gasteiger partial charge >= 0.3 is 0 Å². The zero-order valence-corrected chi connectivity index (χ0v) is 13.1. The van der Waals surface area contributed by atoms with Crippen LogP contribution in [-0.2, 0) is 17.8 Å². The summed E-state index contributed by atoms with van der Waals surface area (Å²) in [5.41, 5.74) is 2.88. The number of nitrogens with zero attached hydrogens (tertiary/aromatic N) is 3. The van der Waals surface area contributed by atoms with Crippen molar-refractivity contribution in [1.82, 2.24) is 9.47 Å². The van der Waals surface area contributed by atoms with Crippen molar-refractivity contribution in [3.63, 3.8) is 0 Å². The average molecular weight is 301 g/mol. The summed E-state index contributed by atoms with van der Waals surface area (Å²) in [6.45, 7) is 4.78. The second-order valence-corrected chi connectivity index (χ2v) is 5.97. The lowest BCUT2D eigenvalue weighted by Gasteiger charge is -2.26. The van der Waals surface area contributed by atoms with E-state index in [0.29, 0.717) is 12.3 Å². The highest BCUT2D eigenvalue weighted by Gasteiger charge is 2.15. The molecule has 0 atom stereocenters. The number of piperidine rings is 1. The fourth-order valence-corrected chi connectivity index (χ4v) is 3.27. The van der Waals surface area contributed by atoms with Crippen LogP contribution in [0.2, 0.25) is 0 Å². The van der Waals surface area contributed by atoms with Crippen LogP contribution in [0.4, 0.5) is 5.69 Å². The molecule has 118 valence electrons. The van der Waals surface area contributed by atoms with Gasteiger partial charge in [-0.05, 0) is 48.8 Å². The molecule has 1 aliphatic heterocycles. The summed E-state index contributed by atoms with van der Waals surface area (Å²) in [4.78, 5) is 13.3. The second-order valence-electron chi connectivity index (χ2n) is 5.97. The number of aromatic nitrogens is 1. The van der Waals surface area contributed by atoms with Crippen molar-refractivity contribution in [3.05, 3.63) is 34.9 Å². The smallest absolute Gasteiger partial charge is 0.110 e. The van der Waals surface area contributed by atoms with Crippen molar-refractivity contribution in [2.75, 3.05) is 26.8 Å². The molecular weight excluding hydrogens is 278 g/mol. The zero-order chi connectivity index (χ0) is 15.4. The van der Waals surface area contributed by atoms with Gasteiger partial charge in [-0.15, -0.1) is 4.91 Å². The Bertz CT molecular complexity index is 645. The van der Waals surface area contributed by atoms with E-state index < -0.39 is 0 Å². The predicted octanol–water partition coefficient (Wildman–Crippen LogP) is 3.67. The molecule has 0 radical (unpaired) electrons. The van der Waals surface area contributed by atoms with Crippen LogP contribution in [0.15, 0.2) is 29.6 Å². The Kier molecular flexibility index (Phi) is 4.85. The molecule has 0 saturated carbocycles. The molecule has 0 N–H and O–H groups in total. The fraction of sp³-hybridized carbons (Fsp3) is 0.529. The van der Waals surface area contributed by atoms with E-state index in [1.54, 1.807) is 13.2 Å². The van der Waals surface area contributed by atoms with E-state index in [1.807, 2.05) is 12.1 Å². The van der Waals surface area contributed by atoms with Gasteiger partial charge in [-0.25, -0.2) is 0 Å². The highest BCUT2D eigenvalue weighted by Crippen LogP contribution is 2.27. The molecule has 22 heavy (non-hydrogen) atoms. The van der Waals surface area contributed by atoms with Gasteiger partial charge in [0.15, 0.2) is 0 Å². The summed E-state index contributed by atoms with van der Waals surface area (Å²) in [5.74, 6) is 0. The molecule has 1 saturated heterocycles. The molecule has 1 aromatic carbocycles. The molecule has 1 aliphatic rings. The lowest BCUT2D eigenvalue weighted by Crippen LogP contribution is -2.28. The third-order valence-electron chi connectivity index (χ3n) is 4.43. The van der Waals surface area contributed by atoms with Crippen LogP contribution in [-0.4, -0.2) is 36.3 Å². The number of rotatable bonds is 6. The lowest BCUT2D eigenvalue weighted by molar-refractivity contribution is 0.188. The van der Waals surface area contributed by atoms with E-state index in [0.717, 1.165) is 18.6 Å². The zero-order valence-electron chi connectivity index (χ0n) is 13.1. The van der Waals surface area contributed by atoms with Gasteiger partial charge < -0.3 is 9.30 Å². The number of ether oxygens (including phenoxy) is 1. The number of benzene rings is 1. The first-order valence-corrected chi connectivity index (χ1v) is 7.98. The van der Waals surface area contributed by atoms with Crippen LogP contribution < -0.4 is 0 Å². The third-order valence-corrected chi connectivity index (χ3v) is 4.43. The summed E-state index contributed by atoms with van der Waals surface area (Å²) in [6, 6.07) is 5.70. The summed E-state index contributed by atoms with van der Waals surface area (Å²) >= 11 is 0. The Balaban J connectivity index is 1.92. The fourth-order valence-electron chi connectivity index (χ4n) is 3.27. The monoisotopic (exact) mass is 301 g/mol. The molecule has 0 unspecified atom stereocenters. The Labute approximate surface area is 130 Å². The number of nitroso groups, excluding NO2 is 1. The van der Waals surface area contributed by atoms with Gasteiger partial charge in [-0.2, -0.15) is 0 Å². The minimum Gasteiger partial charge on any atom is -0.383 e. The lowest BCUT2D eigenvalue weighted by atomic mass is 10.1. The predicted molar refractivity (Wildman–Crippen MR) is 88.4 cm³/mol. The molecule has 0 bridgehead atoms. The highest BCUT2D eigenvalue weighted by molar-refractivity contribution is 5.86. The Morgan fingerprint density at radius 1 is 1.23 bits per heavy atom. The maximum atomic E-state index is 10.8. The number of hydrogen-bond donors (Lipinski definition) is 0. The standard InChI is InChI=1S/C17H23N3O2/c1-22-10-9-20-13-14(12-19-7-3-2-4-8-19)16-6-5-15(18-21)11-17(16)20/h5-6,11,13H,2-4,7-10,12H2,1H3. The molecule has 5 nitrogen and oxygen atoms in total. The van der Waals surface area contributed by atoms with Gasteiger partial charge in [-0.1, -0.05) is 12.5 Å². The normalized spacial score (nSPS) is 16.2. The van der Waals surface area contributed by atoms with E-state index in [1.165, 1.54) is 43.3 Å². The Morgan fingerprint density at radius 3 is 2.77 bits per heavy atom. The van der Waals surface area contributed by atoms with E-state index in [9.17, 15) is 4.91 Å². The Hall–Kier alpha value is -1.72. The SMILES string of the molecule is COCCn1cc(CN2CCCCC2)c2ccc(N=O)cc21. The number of fused-ring (bicyclic) bond motifs is 1. The molecule has 1 aromatic heterocycles. The molecule has 0 spiro atoms. The molecule has 2 aromatic rings. The van der Waals surface area contributed by atoms with Gasteiger partial charge in [0, 0.05) is 31.8 Å². The van der Waals surface area contributed by atoms with Gasteiger partial charge in [0.05, 0.1) is 12.1 Å². The summed E-state index contributed by atoms with van der Waals surface area (Å²) in [5, 5.41) is 4.28. The maximum absolute atomic E-state index is 10.8. The first kappa shape index (κ1) is 15.2. The van der Waals surface area contributed by atoms with Gasteiger partial charge in [0.25, 0.3) is 0 Å². The van der Waals surface area contributed by atoms with Gasteiger partial charge in [0.2, 0.25) is 0 Å². The summed E-state index contributed by atoms with van der Waals surface area (Å²) in [7, 11) is 1.71. The molecular formula is C17H23N3O2. The molecule has 0 aliphatic carbocycles. The average Bonchev–Trinajstić information content (AvgIpc) is 2.91. The van der Waals surface area contributed by atoms with Crippen LogP contribution >= 0.6 is 0 Å². The van der Waals surface area contributed by atoms with Crippen molar-refractivity contribution in [2.45, 2.75) is 32.4 Å². The van der Waals surface area contributed by atoms with Crippen molar-refractivity contribution >= 4 is 16.6 Å². The molecule has 3 rings (SSSR count). The largest absolute Gasteiger partial charge is 0.383 e. The van der Waals surface area contributed by atoms with Crippen LogP contribution in [0.1, 0.15) is 24.8 Å². The van der Waals surface area contributed by atoms with Crippen LogP contribution in [0.25, 0.3) is 10.9 Å². The first-order valence-electron chi connectivity index (χ1n) is 7.98. The number of hydrogen-bond acceptors (Lipinski definition) is 4. The van der Waals surface area contributed by atoms with Crippen LogP contribution in [0.5, 0.6) is 0 Å². The van der Waals surface area contributed by atoms with Crippen molar-refractivity contribution in [3.8, 4) is 0 Å². The van der Waals surface area contributed by atoms with Crippen LogP contribution in [0.3, 0.4) is 0 Å². The topological polar surface area (TPSA) is 46.8 Å². The molecule has 5 heteroatoms. The van der Waals surface area contributed by atoms with Crippen molar-refractivity contribution in [2.24, 2.45) is 5.18 Å². The van der Waals surface area contributed by atoms with Crippen molar-refractivity contribution < 1.29 is 4.74 Å². The Morgan fingerprint density at radius 2 is 2.05 bits per heavy atom. The minimum absolute atomic E-state index is 0.480. The second kappa shape index (κ2) is 7.03.